The topological polar surface area (TPSA) is 93.7 Å². The number of alkyl halides is 3. The zero-order valence-corrected chi connectivity index (χ0v) is 19.8. The summed E-state index contributed by atoms with van der Waals surface area (Å²) in [6, 6.07) is 6.23. The predicted molar refractivity (Wildman–Crippen MR) is 122 cm³/mol. The Morgan fingerprint density at radius 1 is 1.14 bits per heavy atom. The fraction of sp³-hybridized carbons (Fsp3) is 0.304. The maximum absolute atomic E-state index is 13.4. The first-order valence-electron chi connectivity index (χ1n) is 10.4. The molecule has 1 aromatic carbocycles. The number of benzene rings is 1. The summed E-state index contributed by atoms with van der Waals surface area (Å²) in [6.07, 6.45) is -2.45. The molecule has 2 amide bonds. The van der Waals surface area contributed by atoms with Crippen molar-refractivity contribution in [3.63, 3.8) is 0 Å². The molecular formula is C23H21F3N4O4S. The lowest BCUT2D eigenvalue weighted by atomic mass is 10.2. The average molecular weight is 507 g/mol. The van der Waals surface area contributed by atoms with Crippen LogP contribution in [0, 0.1) is 6.92 Å². The van der Waals surface area contributed by atoms with Gasteiger partial charge in [-0.05, 0) is 50.1 Å². The minimum Gasteiger partial charge on any atom is -0.497 e. The molecule has 8 nitrogen and oxygen atoms in total. The van der Waals surface area contributed by atoms with Gasteiger partial charge >= 0.3 is 6.18 Å². The molecule has 0 atom stereocenters. The molecule has 4 rings (SSSR count). The number of amides is 2. The van der Waals surface area contributed by atoms with Crippen molar-refractivity contribution in [2.24, 2.45) is 0 Å². The van der Waals surface area contributed by atoms with Crippen LogP contribution < -0.4 is 19.7 Å². The fourth-order valence-corrected chi connectivity index (χ4v) is 4.14. The molecule has 35 heavy (non-hydrogen) atoms. The number of aryl methyl sites for hydroxylation is 1. The van der Waals surface area contributed by atoms with Crippen LogP contribution in [0.4, 0.5) is 19.0 Å². The third kappa shape index (κ3) is 5.06. The molecule has 1 fully saturated rings. The molecule has 2 aromatic heterocycles. The number of halogens is 3. The van der Waals surface area contributed by atoms with Crippen LogP contribution in [0.5, 0.6) is 17.2 Å². The van der Waals surface area contributed by atoms with Crippen LogP contribution in [0.1, 0.15) is 33.8 Å². The summed E-state index contributed by atoms with van der Waals surface area (Å²) in [4.78, 5) is 35.6. The SMILES string of the molecule is COc1ccc(Oc2ccc(N(C)C(=O)C3(NC(=O)c4scnc4C)CC3)nc2)c(C(F)(F)F)c1. The summed E-state index contributed by atoms with van der Waals surface area (Å²) in [5.74, 6) is -0.757. The van der Waals surface area contributed by atoms with Crippen molar-refractivity contribution in [3.05, 3.63) is 58.2 Å². The third-order valence-electron chi connectivity index (χ3n) is 5.55. The number of thiazole rings is 1. The first-order valence-corrected chi connectivity index (χ1v) is 11.3. The smallest absolute Gasteiger partial charge is 0.420 e. The Balaban J connectivity index is 1.47. The zero-order valence-electron chi connectivity index (χ0n) is 19.0. The summed E-state index contributed by atoms with van der Waals surface area (Å²) in [5.41, 5.74) is 0.140. The molecule has 0 aliphatic heterocycles. The van der Waals surface area contributed by atoms with Crippen molar-refractivity contribution < 1.29 is 32.2 Å². The molecule has 1 aliphatic rings. The number of carbonyl (C=O) groups excluding carboxylic acids is 2. The Hall–Kier alpha value is -3.67. The number of likely N-dealkylation sites (N-methyl/N-ethyl adjacent to an activating group) is 1. The molecule has 184 valence electrons. The van der Waals surface area contributed by atoms with Crippen molar-refractivity contribution >= 4 is 29.0 Å². The maximum Gasteiger partial charge on any atom is 0.420 e. The molecule has 1 saturated carbocycles. The second-order valence-corrected chi connectivity index (χ2v) is 8.84. The van der Waals surface area contributed by atoms with Gasteiger partial charge in [0.05, 0.1) is 24.5 Å². The van der Waals surface area contributed by atoms with E-state index in [0.29, 0.717) is 23.4 Å². The van der Waals surface area contributed by atoms with Crippen LogP contribution in [-0.4, -0.2) is 41.5 Å². The molecule has 0 saturated heterocycles. The van der Waals surface area contributed by atoms with Gasteiger partial charge in [0.2, 0.25) is 0 Å². The van der Waals surface area contributed by atoms with Gasteiger partial charge in [-0.3, -0.25) is 14.5 Å². The van der Waals surface area contributed by atoms with Gasteiger partial charge in [-0.25, -0.2) is 9.97 Å². The van der Waals surface area contributed by atoms with Gasteiger partial charge in [0.25, 0.3) is 11.8 Å². The highest BCUT2D eigenvalue weighted by molar-refractivity contribution is 7.11. The molecule has 0 unspecified atom stereocenters. The van der Waals surface area contributed by atoms with Crippen molar-refractivity contribution in [1.82, 2.24) is 15.3 Å². The first kappa shape index (κ1) is 24.5. The molecule has 0 bridgehead atoms. The van der Waals surface area contributed by atoms with E-state index in [-0.39, 0.29) is 29.1 Å². The van der Waals surface area contributed by atoms with Gasteiger partial charge in [-0.1, -0.05) is 0 Å². The minimum atomic E-state index is -4.65. The van der Waals surface area contributed by atoms with E-state index in [2.05, 4.69) is 15.3 Å². The lowest BCUT2D eigenvalue weighted by Gasteiger charge is -2.23. The number of hydrogen-bond donors (Lipinski definition) is 1. The summed E-state index contributed by atoms with van der Waals surface area (Å²) in [6.45, 7) is 1.72. The highest BCUT2D eigenvalue weighted by Gasteiger charge is 2.53. The molecular weight excluding hydrogens is 485 g/mol. The maximum atomic E-state index is 13.4. The Labute approximate surface area is 202 Å². The normalized spacial score (nSPS) is 14.2. The van der Waals surface area contributed by atoms with Gasteiger partial charge in [0.1, 0.15) is 39.0 Å². The highest BCUT2D eigenvalue weighted by atomic mass is 32.1. The molecule has 1 aliphatic carbocycles. The summed E-state index contributed by atoms with van der Waals surface area (Å²) < 4.78 is 50.5. The highest BCUT2D eigenvalue weighted by Crippen LogP contribution is 2.41. The fourth-order valence-electron chi connectivity index (χ4n) is 3.44. The summed E-state index contributed by atoms with van der Waals surface area (Å²) in [7, 11) is 2.79. The number of carbonyl (C=O) groups is 2. The summed E-state index contributed by atoms with van der Waals surface area (Å²) in [5, 5.41) is 2.81. The Kier molecular flexibility index (Phi) is 6.41. The number of rotatable bonds is 7. The van der Waals surface area contributed by atoms with Crippen LogP contribution >= 0.6 is 11.3 Å². The molecule has 0 radical (unpaired) electrons. The van der Waals surface area contributed by atoms with Gasteiger partial charge in [0, 0.05) is 7.05 Å². The monoisotopic (exact) mass is 506 g/mol. The third-order valence-corrected chi connectivity index (χ3v) is 6.48. The van der Waals surface area contributed by atoms with Crippen molar-refractivity contribution in [3.8, 4) is 17.2 Å². The van der Waals surface area contributed by atoms with E-state index in [0.717, 1.165) is 12.1 Å². The number of nitrogens with one attached hydrogen (secondary N) is 1. The van der Waals surface area contributed by atoms with E-state index in [4.69, 9.17) is 9.47 Å². The van der Waals surface area contributed by atoms with E-state index in [1.807, 2.05) is 0 Å². The Morgan fingerprint density at radius 2 is 1.86 bits per heavy atom. The zero-order chi connectivity index (χ0) is 25.4. The second-order valence-electron chi connectivity index (χ2n) is 7.98. The van der Waals surface area contributed by atoms with E-state index in [9.17, 15) is 22.8 Å². The summed E-state index contributed by atoms with van der Waals surface area (Å²) >= 11 is 1.20. The van der Waals surface area contributed by atoms with Crippen molar-refractivity contribution in [1.29, 1.82) is 0 Å². The number of pyridine rings is 1. The molecule has 0 spiro atoms. The van der Waals surface area contributed by atoms with E-state index >= 15 is 0 Å². The van der Waals surface area contributed by atoms with Crippen molar-refractivity contribution in [2.45, 2.75) is 31.5 Å². The number of ether oxygens (including phenoxy) is 2. The van der Waals surface area contributed by atoms with Gasteiger partial charge < -0.3 is 14.8 Å². The van der Waals surface area contributed by atoms with Crippen molar-refractivity contribution in [2.75, 3.05) is 19.1 Å². The number of aromatic nitrogens is 2. The number of hydrogen-bond acceptors (Lipinski definition) is 7. The Bertz CT molecular complexity index is 1260. The van der Waals surface area contributed by atoms with Crippen LogP contribution in [0.15, 0.2) is 42.0 Å². The van der Waals surface area contributed by atoms with Gasteiger partial charge in [0.15, 0.2) is 0 Å². The van der Waals surface area contributed by atoms with E-state index < -0.39 is 23.0 Å². The van der Waals surface area contributed by atoms with E-state index in [1.165, 1.54) is 54.8 Å². The predicted octanol–water partition coefficient (Wildman–Crippen LogP) is 4.59. The second kappa shape index (κ2) is 9.17. The Morgan fingerprint density at radius 3 is 2.40 bits per heavy atom. The standard InChI is InChI=1S/C23H21F3N4O4S/c1-13-19(35-12-28-13)20(31)29-22(8-9-22)21(32)30(2)18-7-5-15(11-27-18)34-17-6-4-14(33-3)10-16(17)23(24,25)26/h4-7,10-12H,8-9H2,1-3H3,(H,29,31). The van der Waals surface area contributed by atoms with E-state index in [1.54, 1.807) is 12.4 Å². The van der Waals surface area contributed by atoms with Crippen LogP contribution in [0.2, 0.25) is 0 Å². The van der Waals surface area contributed by atoms with Crippen LogP contribution in [0.25, 0.3) is 0 Å². The van der Waals surface area contributed by atoms with Gasteiger partial charge in [-0.15, -0.1) is 11.3 Å². The van der Waals surface area contributed by atoms with Crippen LogP contribution in [0.3, 0.4) is 0 Å². The van der Waals surface area contributed by atoms with Crippen LogP contribution in [-0.2, 0) is 11.0 Å². The number of methoxy groups -OCH3 is 1. The molecule has 12 heteroatoms. The minimum absolute atomic E-state index is 0.0462. The first-order chi connectivity index (χ1) is 16.5. The molecule has 1 N–H and O–H groups in total. The molecule has 3 aromatic rings. The quantitative estimate of drug-likeness (QED) is 0.504. The largest absolute Gasteiger partial charge is 0.497 e. The number of anilines is 1. The van der Waals surface area contributed by atoms with Gasteiger partial charge in [-0.2, -0.15) is 13.2 Å². The lowest BCUT2D eigenvalue weighted by Crippen LogP contribution is -2.49. The molecule has 2 heterocycles. The lowest BCUT2D eigenvalue weighted by molar-refractivity contribution is -0.138. The average Bonchev–Trinajstić information content (AvgIpc) is 3.48. The number of nitrogens with zero attached hydrogens (tertiary/aromatic N) is 3.